The summed E-state index contributed by atoms with van der Waals surface area (Å²) in [4.78, 5) is 20.7. The molecule has 0 aromatic carbocycles. The Balaban J connectivity index is 1.53. The summed E-state index contributed by atoms with van der Waals surface area (Å²) in [6.07, 6.45) is 5.30. The number of halogens is 1. The lowest BCUT2D eigenvalue weighted by Gasteiger charge is -2.31. The summed E-state index contributed by atoms with van der Waals surface area (Å²) in [5, 5.41) is 9.93. The van der Waals surface area contributed by atoms with Gasteiger partial charge in [-0.2, -0.15) is 5.10 Å². The van der Waals surface area contributed by atoms with E-state index in [2.05, 4.69) is 43.3 Å². The van der Waals surface area contributed by atoms with Crippen molar-refractivity contribution in [2.24, 2.45) is 0 Å². The van der Waals surface area contributed by atoms with E-state index in [1.165, 1.54) is 17.0 Å². The molecule has 0 aliphatic carbocycles. The van der Waals surface area contributed by atoms with Gasteiger partial charge in [0.15, 0.2) is 0 Å². The fourth-order valence-electron chi connectivity index (χ4n) is 3.64. The average molecular weight is 373 g/mol. The lowest BCUT2D eigenvalue weighted by atomic mass is 10.1. The highest BCUT2D eigenvalue weighted by Gasteiger charge is 2.29. The normalized spacial score (nSPS) is 16.7. The van der Waals surface area contributed by atoms with Crippen molar-refractivity contribution in [1.82, 2.24) is 25.4 Å². The summed E-state index contributed by atoms with van der Waals surface area (Å²) in [6, 6.07) is 4.15. The van der Waals surface area contributed by atoms with Gasteiger partial charge in [-0.1, -0.05) is 24.6 Å². The highest BCUT2D eigenvalue weighted by atomic mass is 35.5. The first-order valence-corrected chi connectivity index (χ1v) is 9.17. The first kappa shape index (κ1) is 16.9. The van der Waals surface area contributed by atoms with Gasteiger partial charge in [0.2, 0.25) is 0 Å². The van der Waals surface area contributed by atoms with Gasteiger partial charge in [-0.25, -0.2) is 5.10 Å². The van der Waals surface area contributed by atoms with Gasteiger partial charge in [0.25, 0.3) is 5.56 Å². The largest absolute Gasteiger partial charge is 0.368 e. The number of hydrogen-bond acceptors (Lipinski definition) is 6. The number of rotatable bonds is 4. The summed E-state index contributed by atoms with van der Waals surface area (Å²) >= 11 is 6.16. The minimum Gasteiger partial charge on any atom is -0.368 e. The van der Waals surface area contributed by atoms with Crippen molar-refractivity contribution in [3.8, 4) is 0 Å². The van der Waals surface area contributed by atoms with Crippen molar-refractivity contribution in [2.75, 3.05) is 24.7 Å². The van der Waals surface area contributed by atoms with E-state index in [1.807, 2.05) is 12.3 Å². The molecular formula is C18H21ClN6O. The summed E-state index contributed by atoms with van der Waals surface area (Å²) < 4.78 is 0. The molecule has 4 rings (SSSR count). The summed E-state index contributed by atoms with van der Waals surface area (Å²) in [5.74, 6) is 0. The predicted molar refractivity (Wildman–Crippen MR) is 101 cm³/mol. The van der Waals surface area contributed by atoms with Crippen LogP contribution < -0.4 is 15.8 Å². The number of aryl methyl sites for hydroxylation is 1. The summed E-state index contributed by atoms with van der Waals surface area (Å²) in [5.41, 5.74) is 5.28. The van der Waals surface area contributed by atoms with E-state index in [0.29, 0.717) is 12.2 Å². The zero-order valence-corrected chi connectivity index (χ0v) is 15.4. The maximum atomic E-state index is 11.7. The van der Waals surface area contributed by atoms with Crippen LogP contribution in [0.3, 0.4) is 0 Å². The quantitative estimate of drug-likeness (QED) is 0.853. The van der Waals surface area contributed by atoms with E-state index in [1.54, 1.807) is 6.20 Å². The molecular weight excluding hydrogens is 352 g/mol. The van der Waals surface area contributed by atoms with E-state index in [4.69, 9.17) is 11.6 Å². The molecule has 2 aliphatic heterocycles. The third-order valence-electron chi connectivity index (χ3n) is 4.98. The summed E-state index contributed by atoms with van der Waals surface area (Å²) in [6.45, 7) is 5.28. The minimum absolute atomic E-state index is 0.196. The molecule has 2 aromatic rings. The highest BCUT2D eigenvalue weighted by Crippen LogP contribution is 2.30. The molecule has 0 unspecified atom stereocenters. The van der Waals surface area contributed by atoms with Crippen molar-refractivity contribution in [3.05, 3.63) is 62.6 Å². The SMILES string of the molecule is CCc1ncccc1CN1CNC2=C1CCN(c1cn[nH]c(=O)c1Cl)C2. The van der Waals surface area contributed by atoms with Crippen molar-refractivity contribution < 1.29 is 0 Å². The standard InChI is InChI=1S/C18H21ClN6O/c1-2-13-12(4-3-6-20-13)9-25-11-21-14-10-24(7-5-15(14)25)16-8-22-23-18(26)17(16)19/h3-4,6,8,21H,2,5,7,9-11H2,1H3,(H,23,26). The van der Waals surface area contributed by atoms with E-state index in [-0.39, 0.29) is 10.6 Å². The third-order valence-corrected chi connectivity index (χ3v) is 5.34. The molecule has 26 heavy (non-hydrogen) atoms. The van der Waals surface area contributed by atoms with Crippen LogP contribution in [0.1, 0.15) is 24.6 Å². The Morgan fingerprint density at radius 3 is 3.12 bits per heavy atom. The number of aromatic nitrogens is 3. The van der Waals surface area contributed by atoms with Crippen LogP contribution in [0, 0.1) is 0 Å². The van der Waals surface area contributed by atoms with Gasteiger partial charge >= 0.3 is 0 Å². The smallest absolute Gasteiger partial charge is 0.285 e. The fourth-order valence-corrected chi connectivity index (χ4v) is 3.85. The Hall–Kier alpha value is -2.54. The van der Waals surface area contributed by atoms with Crippen LogP contribution >= 0.6 is 11.6 Å². The summed E-state index contributed by atoms with van der Waals surface area (Å²) in [7, 11) is 0. The second kappa shape index (κ2) is 6.99. The number of aromatic amines is 1. The lowest BCUT2D eigenvalue weighted by molar-refractivity contribution is 0.344. The molecule has 0 fully saturated rings. The molecule has 0 radical (unpaired) electrons. The molecule has 136 valence electrons. The maximum absolute atomic E-state index is 11.7. The molecule has 0 atom stereocenters. The maximum Gasteiger partial charge on any atom is 0.285 e. The molecule has 8 heteroatoms. The first-order chi connectivity index (χ1) is 12.7. The van der Waals surface area contributed by atoms with Crippen LogP contribution in [-0.2, 0) is 13.0 Å². The van der Waals surface area contributed by atoms with E-state index < -0.39 is 0 Å². The van der Waals surface area contributed by atoms with Crippen LogP contribution in [0.5, 0.6) is 0 Å². The van der Waals surface area contributed by atoms with Crippen LogP contribution in [0.25, 0.3) is 0 Å². The van der Waals surface area contributed by atoms with Crippen molar-refractivity contribution in [3.63, 3.8) is 0 Å². The first-order valence-electron chi connectivity index (χ1n) is 8.79. The van der Waals surface area contributed by atoms with Crippen molar-refractivity contribution in [2.45, 2.75) is 26.3 Å². The van der Waals surface area contributed by atoms with Crippen LogP contribution in [0.2, 0.25) is 5.02 Å². The Morgan fingerprint density at radius 2 is 2.27 bits per heavy atom. The van der Waals surface area contributed by atoms with Gasteiger partial charge in [-0.15, -0.1) is 0 Å². The Kier molecular flexibility index (Phi) is 4.55. The Morgan fingerprint density at radius 1 is 1.38 bits per heavy atom. The molecule has 7 nitrogen and oxygen atoms in total. The van der Waals surface area contributed by atoms with Gasteiger partial charge in [-0.3, -0.25) is 9.78 Å². The van der Waals surface area contributed by atoms with E-state index in [0.717, 1.165) is 38.3 Å². The monoisotopic (exact) mass is 372 g/mol. The number of hydrogen-bond donors (Lipinski definition) is 2. The zero-order chi connectivity index (χ0) is 18.1. The van der Waals surface area contributed by atoms with E-state index >= 15 is 0 Å². The number of H-pyrrole nitrogens is 1. The van der Waals surface area contributed by atoms with Gasteiger partial charge in [0.1, 0.15) is 5.02 Å². The van der Waals surface area contributed by atoms with E-state index in [9.17, 15) is 4.79 Å². The second-order valence-electron chi connectivity index (χ2n) is 6.49. The highest BCUT2D eigenvalue weighted by molar-refractivity contribution is 6.33. The number of nitrogens with one attached hydrogen (secondary N) is 2. The number of pyridine rings is 1. The van der Waals surface area contributed by atoms with Gasteiger partial charge in [0.05, 0.1) is 30.8 Å². The van der Waals surface area contributed by atoms with Gasteiger partial charge < -0.3 is 15.1 Å². The van der Waals surface area contributed by atoms with Gasteiger partial charge in [0, 0.05) is 37.1 Å². The topological polar surface area (TPSA) is 77.2 Å². The molecule has 2 aromatic heterocycles. The van der Waals surface area contributed by atoms with Crippen LogP contribution in [-0.4, -0.2) is 39.8 Å². The van der Waals surface area contributed by atoms with Gasteiger partial charge in [-0.05, 0) is 18.1 Å². The third kappa shape index (κ3) is 3.03. The zero-order valence-electron chi connectivity index (χ0n) is 14.6. The Bertz CT molecular complexity index is 909. The van der Waals surface area contributed by atoms with Crippen LogP contribution in [0.4, 0.5) is 5.69 Å². The molecule has 0 bridgehead atoms. The molecule has 0 saturated heterocycles. The number of anilines is 1. The number of nitrogens with zero attached hydrogens (tertiary/aromatic N) is 4. The lowest BCUT2D eigenvalue weighted by Crippen LogP contribution is -2.35. The predicted octanol–water partition coefficient (Wildman–Crippen LogP) is 1.87. The van der Waals surface area contributed by atoms with Crippen molar-refractivity contribution in [1.29, 1.82) is 0 Å². The van der Waals surface area contributed by atoms with Crippen molar-refractivity contribution >= 4 is 17.3 Å². The molecule has 0 spiro atoms. The molecule has 0 saturated carbocycles. The van der Waals surface area contributed by atoms with Crippen LogP contribution in [0.15, 0.2) is 40.7 Å². The average Bonchev–Trinajstić information content (AvgIpc) is 3.06. The molecule has 2 aliphatic rings. The molecule has 0 amide bonds. The molecule has 2 N–H and O–H groups in total. The molecule has 4 heterocycles. The Labute approximate surface area is 156 Å². The second-order valence-corrected chi connectivity index (χ2v) is 6.87. The fraction of sp³-hybridized carbons (Fsp3) is 0.389. The minimum atomic E-state index is -0.353.